The second-order valence-electron chi connectivity index (χ2n) is 4.51. The molecule has 1 saturated heterocycles. The largest absolute Gasteiger partial charge is 0.467 e. The molecule has 0 saturated carbocycles. The molecule has 0 aliphatic carbocycles. The van der Waals surface area contributed by atoms with Crippen molar-refractivity contribution in [2.75, 3.05) is 13.7 Å². The molecule has 1 fully saturated rings. The lowest BCUT2D eigenvalue weighted by atomic mass is 10.2. The molecule has 0 aromatic carbocycles. The molecule has 1 aromatic rings. The first-order chi connectivity index (χ1) is 8.54. The van der Waals surface area contributed by atoms with Gasteiger partial charge in [-0.3, -0.25) is 4.79 Å². The summed E-state index contributed by atoms with van der Waals surface area (Å²) in [6, 6.07) is 1.25. The number of furan rings is 1. The number of hydrogen-bond donors (Lipinski definition) is 0. The highest BCUT2D eigenvalue weighted by Crippen LogP contribution is 2.23. The molecule has 0 N–H and O–H groups in total. The van der Waals surface area contributed by atoms with Crippen LogP contribution in [0.15, 0.2) is 10.5 Å². The van der Waals surface area contributed by atoms with E-state index in [0.29, 0.717) is 30.0 Å². The fraction of sp³-hybridized carbons (Fsp3) is 0.538. The molecule has 1 atom stereocenters. The van der Waals surface area contributed by atoms with Gasteiger partial charge in [-0.1, -0.05) is 0 Å². The molecule has 1 aromatic heterocycles. The van der Waals surface area contributed by atoms with Crippen LogP contribution in [-0.4, -0.2) is 36.5 Å². The average molecular weight is 251 g/mol. The van der Waals surface area contributed by atoms with E-state index in [1.54, 1.807) is 24.8 Å². The van der Waals surface area contributed by atoms with E-state index in [4.69, 9.17) is 9.15 Å². The van der Waals surface area contributed by atoms with Crippen molar-refractivity contribution in [1.29, 1.82) is 0 Å². The number of rotatable bonds is 2. The fourth-order valence-electron chi connectivity index (χ4n) is 2.39. The van der Waals surface area contributed by atoms with Gasteiger partial charge in [-0.05, 0) is 32.8 Å². The molecule has 98 valence electrons. The summed E-state index contributed by atoms with van der Waals surface area (Å²) in [6.07, 6.45) is 1.48. The summed E-state index contributed by atoms with van der Waals surface area (Å²) in [6.45, 7) is 4.14. The van der Waals surface area contributed by atoms with Gasteiger partial charge in [0.1, 0.15) is 17.6 Å². The SMILES string of the molecule is COC(=O)C1CCCN1C(=O)c1cc(C)oc1C. The van der Waals surface area contributed by atoms with Crippen LogP contribution < -0.4 is 0 Å². The summed E-state index contributed by atoms with van der Waals surface area (Å²) >= 11 is 0. The number of carbonyl (C=O) groups excluding carboxylic acids is 2. The number of ether oxygens (including phenoxy) is 1. The van der Waals surface area contributed by atoms with Crippen molar-refractivity contribution >= 4 is 11.9 Å². The van der Waals surface area contributed by atoms with E-state index in [9.17, 15) is 9.59 Å². The zero-order valence-electron chi connectivity index (χ0n) is 10.9. The van der Waals surface area contributed by atoms with Gasteiger partial charge < -0.3 is 14.1 Å². The number of nitrogens with zero attached hydrogens (tertiary/aromatic N) is 1. The molecule has 2 heterocycles. The number of methoxy groups -OCH3 is 1. The predicted molar refractivity (Wildman–Crippen MR) is 64.3 cm³/mol. The second kappa shape index (κ2) is 4.84. The van der Waals surface area contributed by atoms with Gasteiger partial charge >= 0.3 is 5.97 Å². The number of esters is 1. The highest BCUT2D eigenvalue weighted by molar-refractivity contribution is 5.98. The third kappa shape index (κ3) is 2.12. The van der Waals surface area contributed by atoms with Gasteiger partial charge in [0.15, 0.2) is 0 Å². The number of hydrogen-bond acceptors (Lipinski definition) is 4. The molecule has 5 nitrogen and oxygen atoms in total. The Hall–Kier alpha value is -1.78. The van der Waals surface area contributed by atoms with Crippen LogP contribution >= 0.6 is 0 Å². The lowest BCUT2D eigenvalue weighted by Crippen LogP contribution is -2.41. The van der Waals surface area contributed by atoms with Crippen molar-refractivity contribution in [1.82, 2.24) is 4.90 Å². The van der Waals surface area contributed by atoms with Crippen LogP contribution in [0.25, 0.3) is 0 Å². The number of likely N-dealkylation sites (tertiary alicyclic amines) is 1. The molecule has 1 unspecified atom stereocenters. The van der Waals surface area contributed by atoms with E-state index >= 15 is 0 Å². The molecule has 1 aliphatic rings. The van der Waals surface area contributed by atoms with Gasteiger partial charge in [0.25, 0.3) is 5.91 Å². The highest BCUT2D eigenvalue weighted by atomic mass is 16.5. The molecule has 0 radical (unpaired) electrons. The Morgan fingerprint density at radius 1 is 1.44 bits per heavy atom. The van der Waals surface area contributed by atoms with E-state index < -0.39 is 6.04 Å². The first kappa shape index (κ1) is 12.7. The first-order valence-electron chi connectivity index (χ1n) is 6.00. The maximum absolute atomic E-state index is 12.4. The molecule has 1 amide bonds. The van der Waals surface area contributed by atoms with Crippen LogP contribution in [0.5, 0.6) is 0 Å². The third-order valence-corrected chi connectivity index (χ3v) is 3.26. The first-order valence-corrected chi connectivity index (χ1v) is 6.00. The van der Waals surface area contributed by atoms with Gasteiger partial charge in [0.05, 0.1) is 12.7 Å². The van der Waals surface area contributed by atoms with Crippen LogP contribution in [-0.2, 0) is 9.53 Å². The normalized spacial score (nSPS) is 19.1. The molecule has 0 spiro atoms. The van der Waals surface area contributed by atoms with Crippen molar-refractivity contribution in [3.63, 3.8) is 0 Å². The average Bonchev–Trinajstić information content (AvgIpc) is 2.94. The minimum Gasteiger partial charge on any atom is -0.467 e. The minimum absolute atomic E-state index is 0.155. The van der Waals surface area contributed by atoms with E-state index in [1.807, 2.05) is 0 Å². The lowest BCUT2D eigenvalue weighted by Gasteiger charge is -2.22. The molecule has 5 heteroatoms. The predicted octanol–water partition coefficient (Wildman–Crippen LogP) is 1.67. The lowest BCUT2D eigenvalue weighted by molar-refractivity contribution is -0.145. The molecule has 18 heavy (non-hydrogen) atoms. The van der Waals surface area contributed by atoms with Gasteiger partial charge in [-0.15, -0.1) is 0 Å². The molecule has 2 rings (SSSR count). The summed E-state index contributed by atoms with van der Waals surface area (Å²) < 4.78 is 10.1. The summed E-state index contributed by atoms with van der Waals surface area (Å²) in [4.78, 5) is 25.6. The molecular formula is C13H17NO4. The Bertz CT molecular complexity index is 477. The molecular weight excluding hydrogens is 234 g/mol. The van der Waals surface area contributed by atoms with Crippen LogP contribution in [0.1, 0.15) is 34.7 Å². The Morgan fingerprint density at radius 2 is 2.17 bits per heavy atom. The van der Waals surface area contributed by atoms with Gasteiger partial charge in [0.2, 0.25) is 0 Å². The topological polar surface area (TPSA) is 59.8 Å². The van der Waals surface area contributed by atoms with Crippen LogP contribution in [0.4, 0.5) is 0 Å². The summed E-state index contributed by atoms with van der Waals surface area (Å²) in [7, 11) is 1.34. The Morgan fingerprint density at radius 3 is 2.72 bits per heavy atom. The number of aryl methyl sites for hydroxylation is 2. The van der Waals surface area contributed by atoms with E-state index in [1.165, 1.54) is 7.11 Å². The van der Waals surface area contributed by atoms with Gasteiger partial charge in [-0.25, -0.2) is 4.79 Å². The molecule has 1 aliphatic heterocycles. The Labute approximate surface area is 106 Å². The van der Waals surface area contributed by atoms with Crippen molar-refractivity contribution in [3.8, 4) is 0 Å². The van der Waals surface area contributed by atoms with Crippen LogP contribution in [0.3, 0.4) is 0 Å². The third-order valence-electron chi connectivity index (χ3n) is 3.26. The number of carbonyl (C=O) groups is 2. The van der Waals surface area contributed by atoms with Crippen molar-refractivity contribution in [3.05, 3.63) is 23.2 Å². The number of amides is 1. The van der Waals surface area contributed by atoms with E-state index in [2.05, 4.69) is 0 Å². The Kier molecular flexibility index (Phi) is 3.41. The van der Waals surface area contributed by atoms with Crippen molar-refractivity contribution in [2.45, 2.75) is 32.7 Å². The summed E-state index contributed by atoms with van der Waals surface area (Å²) in [5.41, 5.74) is 0.531. The highest BCUT2D eigenvalue weighted by Gasteiger charge is 2.36. The zero-order valence-corrected chi connectivity index (χ0v) is 10.9. The van der Waals surface area contributed by atoms with Crippen LogP contribution in [0, 0.1) is 13.8 Å². The quantitative estimate of drug-likeness (QED) is 0.750. The minimum atomic E-state index is -0.461. The summed E-state index contributed by atoms with van der Waals surface area (Å²) in [5, 5.41) is 0. The van der Waals surface area contributed by atoms with Gasteiger partial charge in [-0.2, -0.15) is 0 Å². The van der Waals surface area contributed by atoms with Crippen molar-refractivity contribution < 1.29 is 18.7 Å². The van der Waals surface area contributed by atoms with Gasteiger partial charge in [0, 0.05) is 6.54 Å². The maximum atomic E-state index is 12.4. The zero-order chi connectivity index (χ0) is 13.3. The van der Waals surface area contributed by atoms with Crippen molar-refractivity contribution in [2.24, 2.45) is 0 Å². The standard InChI is InChI=1S/C13H17NO4/c1-8-7-10(9(2)18-8)12(15)14-6-4-5-11(14)13(16)17-3/h7,11H,4-6H2,1-3H3. The fourth-order valence-corrected chi connectivity index (χ4v) is 2.39. The maximum Gasteiger partial charge on any atom is 0.328 e. The van der Waals surface area contributed by atoms with E-state index in [0.717, 1.165) is 6.42 Å². The Balaban J connectivity index is 2.23. The second-order valence-corrected chi connectivity index (χ2v) is 4.51. The van der Waals surface area contributed by atoms with Crippen LogP contribution in [0.2, 0.25) is 0 Å². The van der Waals surface area contributed by atoms with E-state index in [-0.39, 0.29) is 11.9 Å². The smallest absolute Gasteiger partial charge is 0.328 e. The molecule has 0 bridgehead atoms. The summed E-state index contributed by atoms with van der Waals surface area (Å²) in [5.74, 6) is 0.786. The monoisotopic (exact) mass is 251 g/mol.